The predicted molar refractivity (Wildman–Crippen MR) is 99.8 cm³/mol. The first-order chi connectivity index (χ1) is 12.3. The number of fused-ring (bicyclic) bond motifs is 1. The maximum absolute atomic E-state index is 6.18. The molecule has 0 bridgehead atoms. The maximum atomic E-state index is 6.18. The summed E-state index contributed by atoms with van der Waals surface area (Å²) >= 11 is 0. The van der Waals surface area contributed by atoms with Crippen LogP contribution in [-0.4, -0.2) is 42.2 Å². The van der Waals surface area contributed by atoms with Crippen molar-refractivity contribution in [1.82, 2.24) is 9.88 Å². The largest absolute Gasteiger partial charge is 0.440 e. The van der Waals surface area contributed by atoms with E-state index in [1.165, 1.54) is 25.7 Å². The molecule has 1 saturated heterocycles. The normalized spacial score (nSPS) is 26.3. The van der Waals surface area contributed by atoms with E-state index in [2.05, 4.69) is 16.8 Å². The monoisotopic (exact) mass is 342 g/mol. The van der Waals surface area contributed by atoms with Gasteiger partial charge in [-0.25, -0.2) is 4.98 Å². The Balaban J connectivity index is 1.23. The average molecular weight is 342 g/mol. The second-order valence-corrected chi connectivity index (χ2v) is 7.81. The van der Waals surface area contributed by atoms with Crippen molar-refractivity contribution in [3.8, 4) is 0 Å². The zero-order valence-electron chi connectivity index (χ0n) is 15.3. The van der Waals surface area contributed by atoms with Crippen LogP contribution in [0.15, 0.2) is 28.7 Å². The molecule has 0 amide bonds. The average Bonchev–Trinajstić information content (AvgIpc) is 3.08. The summed E-state index contributed by atoms with van der Waals surface area (Å²) in [5, 5.41) is 0. The molecule has 0 unspecified atom stereocenters. The SMILES string of the molecule is C[C@H]1CCCC[C@@H]1OCCN1CCC(c2nc3ccccc3o2)CC1. The number of piperidine rings is 1. The predicted octanol–water partition coefficient (Wildman–Crippen LogP) is 4.60. The highest BCUT2D eigenvalue weighted by Crippen LogP contribution is 2.30. The lowest BCUT2D eigenvalue weighted by molar-refractivity contribution is -0.0158. The van der Waals surface area contributed by atoms with Gasteiger partial charge in [0.2, 0.25) is 0 Å². The summed E-state index contributed by atoms with van der Waals surface area (Å²) in [6.07, 6.45) is 8.06. The molecule has 1 aromatic carbocycles. The molecule has 1 saturated carbocycles. The van der Waals surface area contributed by atoms with Crippen molar-refractivity contribution < 1.29 is 9.15 Å². The van der Waals surface area contributed by atoms with Crippen molar-refractivity contribution >= 4 is 11.1 Å². The Morgan fingerprint density at radius 1 is 1.12 bits per heavy atom. The van der Waals surface area contributed by atoms with Gasteiger partial charge in [0, 0.05) is 12.5 Å². The Morgan fingerprint density at radius 3 is 2.72 bits per heavy atom. The highest BCUT2D eigenvalue weighted by atomic mass is 16.5. The van der Waals surface area contributed by atoms with Crippen LogP contribution >= 0.6 is 0 Å². The van der Waals surface area contributed by atoms with Gasteiger partial charge in [-0.1, -0.05) is 31.9 Å². The number of hydrogen-bond acceptors (Lipinski definition) is 4. The molecule has 2 fully saturated rings. The molecule has 4 nitrogen and oxygen atoms in total. The number of benzene rings is 1. The summed E-state index contributed by atoms with van der Waals surface area (Å²) in [6.45, 7) is 6.52. The number of rotatable bonds is 5. The highest BCUT2D eigenvalue weighted by Gasteiger charge is 2.25. The number of likely N-dealkylation sites (tertiary alicyclic amines) is 1. The van der Waals surface area contributed by atoms with Gasteiger partial charge in [0.05, 0.1) is 12.7 Å². The second kappa shape index (κ2) is 7.88. The molecule has 2 aliphatic rings. The first-order valence-corrected chi connectivity index (χ1v) is 9.99. The standard InChI is InChI=1S/C21H30N2O2/c1-16-6-2-4-8-19(16)24-15-14-23-12-10-17(11-13-23)21-22-18-7-3-5-9-20(18)25-21/h3,5,7,9,16-17,19H,2,4,6,8,10-15H2,1H3/t16-,19-/m0/s1. The fourth-order valence-electron chi connectivity index (χ4n) is 4.33. The maximum Gasteiger partial charge on any atom is 0.198 e. The van der Waals surface area contributed by atoms with Gasteiger partial charge in [-0.2, -0.15) is 0 Å². The summed E-state index contributed by atoms with van der Waals surface area (Å²) in [4.78, 5) is 7.22. The van der Waals surface area contributed by atoms with Gasteiger partial charge in [0.1, 0.15) is 5.52 Å². The van der Waals surface area contributed by atoms with Gasteiger partial charge in [0.15, 0.2) is 11.5 Å². The molecule has 136 valence electrons. The third kappa shape index (κ3) is 4.06. The number of para-hydroxylation sites is 2. The first-order valence-electron chi connectivity index (χ1n) is 9.99. The summed E-state index contributed by atoms with van der Waals surface area (Å²) in [5.41, 5.74) is 1.89. The van der Waals surface area contributed by atoms with Crippen molar-refractivity contribution in [3.63, 3.8) is 0 Å². The summed E-state index contributed by atoms with van der Waals surface area (Å²) < 4.78 is 12.1. The van der Waals surface area contributed by atoms with Crippen LogP contribution in [0.1, 0.15) is 57.3 Å². The molecule has 2 aromatic rings. The second-order valence-electron chi connectivity index (χ2n) is 7.81. The highest BCUT2D eigenvalue weighted by molar-refractivity contribution is 5.72. The Kier molecular flexibility index (Phi) is 5.37. The molecule has 0 N–H and O–H groups in total. The van der Waals surface area contributed by atoms with Gasteiger partial charge in [0.25, 0.3) is 0 Å². The number of nitrogens with zero attached hydrogens (tertiary/aromatic N) is 2. The molecule has 1 aliphatic heterocycles. The molecule has 4 rings (SSSR count). The minimum atomic E-state index is 0.461. The van der Waals surface area contributed by atoms with E-state index in [0.29, 0.717) is 12.0 Å². The Morgan fingerprint density at radius 2 is 1.92 bits per heavy atom. The smallest absolute Gasteiger partial charge is 0.198 e. The molecule has 4 heteroatoms. The summed E-state index contributed by atoms with van der Waals surface area (Å²) in [6, 6.07) is 8.06. The molecule has 1 aromatic heterocycles. The van der Waals surface area contributed by atoms with Crippen LogP contribution in [-0.2, 0) is 4.74 Å². The van der Waals surface area contributed by atoms with E-state index >= 15 is 0 Å². The van der Waals surface area contributed by atoms with Crippen LogP contribution in [0.5, 0.6) is 0 Å². The Labute approximate surface area is 150 Å². The van der Waals surface area contributed by atoms with Gasteiger partial charge < -0.3 is 14.1 Å². The molecule has 1 aliphatic carbocycles. The lowest BCUT2D eigenvalue weighted by atomic mass is 9.88. The molecule has 2 atom stereocenters. The van der Waals surface area contributed by atoms with E-state index in [1.807, 2.05) is 24.3 Å². The molecular formula is C21H30N2O2. The van der Waals surface area contributed by atoms with E-state index in [4.69, 9.17) is 9.15 Å². The van der Waals surface area contributed by atoms with E-state index in [1.54, 1.807) is 0 Å². The summed E-state index contributed by atoms with van der Waals surface area (Å²) in [7, 11) is 0. The van der Waals surface area contributed by atoms with Crippen LogP contribution in [0.4, 0.5) is 0 Å². The van der Waals surface area contributed by atoms with Crippen molar-refractivity contribution in [2.75, 3.05) is 26.2 Å². The fraction of sp³-hybridized carbons (Fsp3) is 0.667. The van der Waals surface area contributed by atoms with Crippen molar-refractivity contribution in [2.45, 2.75) is 57.5 Å². The van der Waals surface area contributed by atoms with Crippen molar-refractivity contribution in [2.24, 2.45) is 5.92 Å². The zero-order chi connectivity index (χ0) is 17.1. The van der Waals surface area contributed by atoms with Gasteiger partial charge >= 0.3 is 0 Å². The quantitative estimate of drug-likeness (QED) is 0.796. The van der Waals surface area contributed by atoms with Crippen molar-refractivity contribution in [3.05, 3.63) is 30.2 Å². The molecular weight excluding hydrogens is 312 g/mol. The topological polar surface area (TPSA) is 38.5 Å². The van der Waals surface area contributed by atoms with Crippen LogP contribution in [0.2, 0.25) is 0 Å². The lowest BCUT2D eigenvalue weighted by Gasteiger charge is -2.32. The number of hydrogen-bond donors (Lipinski definition) is 0. The minimum absolute atomic E-state index is 0.461. The minimum Gasteiger partial charge on any atom is -0.440 e. The van der Waals surface area contributed by atoms with E-state index in [0.717, 1.165) is 62.0 Å². The third-order valence-corrected chi connectivity index (χ3v) is 6.02. The Bertz CT molecular complexity index is 642. The van der Waals surface area contributed by atoms with Gasteiger partial charge in [-0.05, 0) is 56.8 Å². The number of aromatic nitrogens is 1. The van der Waals surface area contributed by atoms with Crippen LogP contribution < -0.4 is 0 Å². The molecule has 0 radical (unpaired) electrons. The number of oxazole rings is 1. The van der Waals surface area contributed by atoms with E-state index < -0.39 is 0 Å². The number of ether oxygens (including phenoxy) is 1. The van der Waals surface area contributed by atoms with Gasteiger partial charge in [-0.3, -0.25) is 0 Å². The van der Waals surface area contributed by atoms with Crippen molar-refractivity contribution in [1.29, 1.82) is 0 Å². The van der Waals surface area contributed by atoms with Crippen LogP contribution in [0.3, 0.4) is 0 Å². The molecule has 2 heterocycles. The lowest BCUT2D eigenvalue weighted by Crippen LogP contribution is -2.37. The summed E-state index contributed by atoms with van der Waals surface area (Å²) in [5.74, 6) is 2.12. The van der Waals surface area contributed by atoms with E-state index in [-0.39, 0.29) is 0 Å². The molecule has 0 spiro atoms. The molecule has 25 heavy (non-hydrogen) atoms. The third-order valence-electron chi connectivity index (χ3n) is 6.02. The zero-order valence-corrected chi connectivity index (χ0v) is 15.3. The van der Waals surface area contributed by atoms with Crippen LogP contribution in [0.25, 0.3) is 11.1 Å². The first kappa shape index (κ1) is 17.0. The Hall–Kier alpha value is -1.39. The van der Waals surface area contributed by atoms with Crippen LogP contribution in [0, 0.1) is 5.92 Å². The fourth-order valence-corrected chi connectivity index (χ4v) is 4.33. The van der Waals surface area contributed by atoms with E-state index in [9.17, 15) is 0 Å². The van der Waals surface area contributed by atoms with Gasteiger partial charge in [-0.15, -0.1) is 0 Å².